The van der Waals surface area contributed by atoms with Gasteiger partial charge in [-0.1, -0.05) is 6.07 Å². The summed E-state index contributed by atoms with van der Waals surface area (Å²) in [6, 6.07) is 9.75. The quantitative estimate of drug-likeness (QED) is 0.751. The summed E-state index contributed by atoms with van der Waals surface area (Å²) in [5.74, 6) is -0.114. The summed E-state index contributed by atoms with van der Waals surface area (Å²) >= 11 is 6.98. The van der Waals surface area contributed by atoms with Gasteiger partial charge in [-0.2, -0.15) is 0 Å². The molecule has 0 spiro atoms. The van der Waals surface area contributed by atoms with Gasteiger partial charge in [-0.05, 0) is 80.6 Å². The number of nitrogens with one attached hydrogen (secondary N) is 2. The number of rotatable bonds is 2. The maximum atomic E-state index is 12.4. The standard InChI is InChI=1S/C16H14Br2N2O/c1-9-6-12(17)15(13(18)7-9)20-16(21)11-3-2-10-4-5-19-14(10)8-11/h2-3,6-8,19H,4-5H2,1H3,(H,20,21). The first-order valence-electron chi connectivity index (χ1n) is 6.68. The van der Waals surface area contributed by atoms with E-state index in [9.17, 15) is 4.79 Å². The summed E-state index contributed by atoms with van der Waals surface area (Å²) < 4.78 is 1.73. The predicted molar refractivity (Wildman–Crippen MR) is 93.2 cm³/mol. The van der Waals surface area contributed by atoms with Crippen LogP contribution in [0.4, 0.5) is 11.4 Å². The van der Waals surface area contributed by atoms with Crippen molar-refractivity contribution < 1.29 is 4.79 Å². The Morgan fingerprint density at radius 1 is 1.19 bits per heavy atom. The number of amides is 1. The normalized spacial score (nSPS) is 12.7. The van der Waals surface area contributed by atoms with Crippen LogP contribution in [0, 0.1) is 6.92 Å². The first-order valence-corrected chi connectivity index (χ1v) is 8.27. The second-order valence-corrected chi connectivity index (χ2v) is 6.82. The van der Waals surface area contributed by atoms with Crippen LogP contribution in [0.2, 0.25) is 0 Å². The van der Waals surface area contributed by atoms with Gasteiger partial charge in [0.15, 0.2) is 0 Å². The van der Waals surface area contributed by atoms with E-state index in [4.69, 9.17) is 0 Å². The maximum absolute atomic E-state index is 12.4. The molecule has 0 atom stereocenters. The molecule has 108 valence electrons. The third-order valence-electron chi connectivity index (χ3n) is 3.51. The van der Waals surface area contributed by atoms with Crippen molar-refractivity contribution in [3.8, 4) is 0 Å². The highest BCUT2D eigenvalue weighted by atomic mass is 79.9. The molecule has 0 saturated carbocycles. The summed E-state index contributed by atoms with van der Waals surface area (Å²) in [7, 11) is 0. The predicted octanol–water partition coefficient (Wildman–Crippen LogP) is 4.74. The molecular weight excluding hydrogens is 396 g/mol. The first-order chi connectivity index (χ1) is 10.0. The molecule has 1 aliphatic heterocycles. The zero-order valence-corrected chi connectivity index (χ0v) is 14.6. The Balaban J connectivity index is 1.87. The van der Waals surface area contributed by atoms with Crippen molar-refractivity contribution in [2.45, 2.75) is 13.3 Å². The van der Waals surface area contributed by atoms with Crippen LogP contribution in [0.3, 0.4) is 0 Å². The minimum atomic E-state index is -0.114. The Kier molecular flexibility index (Phi) is 4.04. The summed E-state index contributed by atoms with van der Waals surface area (Å²) in [4.78, 5) is 12.4. The van der Waals surface area contributed by atoms with E-state index in [1.54, 1.807) is 0 Å². The molecule has 1 aliphatic rings. The SMILES string of the molecule is Cc1cc(Br)c(NC(=O)c2ccc3c(c2)NCC3)c(Br)c1. The molecular formula is C16H14Br2N2O. The van der Waals surface area contributed by atoms with Crippen LogP contribution in [0.1, 0.15) is 21.5 Å². The number of halogens is 2. The third-order valence-corrected chi connectivity index (χ3v) is 4.76. The molecule has 2 N–H and O–H groups in total. The van der Waals surface area contributed by atoms with Crippen molar-refractivity contribution in [2.24, 2.45) is 0 Å². The molecule has 0 unspecified atom stereocenters. The highest BCUT2D eigenvalue weighted by molar-refractivity contribution is 9.11. The lowest BCUT2D eigenvalue weighted by Gasteiger charge is -2.11. The largest absolute Gasteiger partial charge is 0.384 e. The maximum Gasteiger partial charge on any atom is 0.255 e. The fourth-order valence-corrected chi connectivity index (χ4v) is 4.05. The minimum Gasteiger partial charge on any atom is -0.384 e. The van der Waals surface area contributed by atoms with Crippen molar-refractivity contribution in [3.05, 3.63) is 56.0 Å². The van der Waals surface area contributed by atoms with Crippen LogP contribution < -0.4 is 10.6 Å². The van der Waals surface area contributed by atoms with Gasteiger partial charge < -0.3 is 10.6 Å². The number of anilines is 2. The van der Waals surface area contributed by atoms with Crippen molar-refractivity contribution in [3.63, 3.8) is 0 Å². The zero-order chi connectivity index (χ0) is 15.0. The average molecular weight is 410 g/mol. The van der Waals surface area contributed by atoms with E-state index in [2.05, 4.69) is 42.5 Å². The molecule has 0 aromatic heterocycles. The molecule has 3 nitrogen and oxygen atoms in total. The smallest absolute Gasteiger partial charge is 0.255 e. The zero-order valence-electron chi connectivity index (χ0n) is 11.5. The van der Waals surface area contributed by atoms with Crippen LogP contribution in [-0.4, -0.2) is 12.5 Å². The Hall–Kier alpha value is -1.33. The number of carbonyl (C=O) groups is 1. The molecule has 0 radical (unpaired) electrons. The van der Waals surface area contributed by atoms with E-state index >= 15 is 0 Å². The van der Waals surface area contributed by atoms with Crippen LogP contribution in [0.15, 0.2) is 39.3 Å². The van der Waals surface area contributed by atoms with E-state index in [1.165, 1.54) is 5.56 Å². The summed E-state index contributed by atoms with van der Waals surface area (Å²) in [6.07, 6.45) is 1.02. The average Bonchev–Trinajstić information content (AvgIpc) is 2.89. The molecule has 5 heteroatoms. The monoisotopic (exact) mass is 408 g/mol. The molecule has 3 rings (SSSR count). The van der Waals surface area contributed by atoms with Gasteiger partial charge >= 0.3 is 0 Å². The number of fused-ring (bicyclic) bond motifs is 1. The summed E-state index contributed by atoms with van der Waals surface area (Å²) in [5, 5.41) is 6.24. The number of hydrogen-bond donors (Lipinski definition) is 2. The number of aryl methyl sites for hydroxylation is 1. The van der Waals surface area contributed by atoms with Gasteiger partial charge in [0.1, 0.15) is 0 Å². The lowest BCUT2D eigenvalue weighted by atomic mass is 10.1. The van der Waals surface area contributed by atoms with Crippen molar-refractivity contribution in [2.75, 3.05) is 17.2 Å². The van der Waals surface area contributed by atoms with Gasteiger partial charge in [-0.25, -0.2) is 0 Å². The summed E-state index contributed by atoms with van der Waals surface area (Å²) in [5.41, 5.74) is 4.85. The van der Waals surface area contributed by atoms with Gasteiger partial charge in [-0.15, -0.1) is 0 Å². The Morgan fingerprint density at radius 2 is 1.90 bits per heavy atom. The topological polar surface area (TPSA) is 41.1 Å². The molecule has 21 heavy (non-hydrogen) atoms. The van der Waals surface area contributed by atoms with Gasteiger partial charge in [0.25, 0.3) is 5.91 Å². The summed E-state index contributed by atoms with van der Waals surface area (Å²) in [6.45, 7) is 2.95. The van der Waals surface area contributed by atoms with Crippen molar-refractivity contribution in [1.29, 1.82) is 0 Å². The van der Waals surface area contributed by atoms with Crippen LogP contribution in [-0.2, 0) is 6.42 Å². The van der Waals surface area contributed by atoms with Crippen molar-refractivity contribution >= 4 is 49.1 Å². The number of benzene rings is 2. The lowest BCUT2D eigenvalue weighted by molar-refractivity contribution is 0.102. The van der Waals surface area contributed by atoms with Gasteiger partial charge in [0.2, 0.25) is 0 Å². The number of hydrogen-bond acceptors (Lipinski definition) is 2. The fourth-order valence-electron chi connectivity index (χ4n) is 2.44. The highest BCUT2D eigenvalue weighted by Gasteiger charge is 2.15. The van der Waals surface area contributed by atoms with Gasteiger partial charge in [0, 0.05) is 26.7 Å². The molecule has 2 aromatic carbocycles. The Bertz CT molecular complexity index is 705. The fraction of sp³-hybridized carbons (Fsp3) is 0.188. The Labute approximate surface area is 140 Å². The molecule has 0 bridgehead atoms. The second kappa shape index (κ2) is 5.81. The number of carbonyl (C=O) groups excluding carboxylic acids is 1. The molecule has 0 saturated heterocycles. The van der Waals surface area contributed by atoms with E-state index in [1.807, 2.05) is 37.3 Å². The third kappa shape index (κ3) is 2.99. The molecule has 0 aliphatic carbocycles. The van der Waals surface area contributed by atoms with Crippen LogP contribution in [0.25, 0.3) is 0 Å². The highest BCUT2D eigenvalue weighted by Crippen LogP contribution is 2.33. The van der Waals surface area contributed by atoms with Crippen molar-refractivity contribution in [1.82, 2.24) is 0 Å². The Morgan fingerprint density at radius 3 is 2.62 bits per heavy atom. The van der Waals surface area contributed by atoms with E-state index in [0.29, 0.717) is 5.56 Å². The van der Waals surface area contributed by atoms with Crippen LogP contribution >= 0.6 is 31.9 Å². The van der Waals surface area contributed by atoms with Crippen LogP contribution in [0.5, 0.6) is 0 Å². The van der Waals surface area contributed by atoms with E-state index in [0.717, 1.165) is 38.8 Å². The minimum absolute atomic E-state index is 0.114. The second-order valence-electron chi connectivity index (χ2n) is 5.11. The molecule has 0 fully saturated rings. The van der Waals surface area contributed by atoms with Gasteiger partial charge in [0.05, 0.1) is 5.69 Å². The lowest BCUT2D eigenvalue weighted by Crippen LogP contribution is -2.13. The molecule has 1 heterocycles. The van der Waals surface area contributed by atoms with E-state index in [-0.39, 0.29) is 5.91 Å². The molecule has 1 amide bonds. The first kappa shape index (κ1) is 14.6. The molecule has 2 aromatic rings. The van der Waals surface area contributed by atoms with E-state index < -0.39 is 0 Å². The van der Waals surface area contributed by atoms with Gasteiger partial charge in [-0.3, -0.25) is 4.79 Å².